The predicted molar refractivity (Wildman–Crippen MR) is 95.7 cm³/mol. The maximum atomic E-state index is 12.1. The molecule has 0 saturated carbocycles. The third-order valence-corrected chi connectivity index (χ3v) is 7.46. The van der Waals surface area contributed by atoms with E-state index in [1.165, 1.54) is 9.87 Å². The minimum atomic E-state index is -3.34. The zero-order valence-electron chi connectivity index (χ0n) is 14.8. The molecule has 138 valence electrons. The number of aryl methyl sites for hydroxylation is 1. The van der Waals surface area contributed by atoms with Crippen molar-refractivity contribution >= 4 is 16.0 Å². The van der Waals surface area contributed by atoms with E-state index in [0.29, 0.717) is 26.2 Å². The Bertz CT molecular complexity index is 747. The number of aliphatic carboxylic acids is 1. The second kappa shape index (κ2) is 6.70. The molecule has 1 aromatic carbocycles. The first-order valence-electron chi connectivity index (χ1n) is 8.82. The summed E-state index contributed by atoms with van der Waals surface area (Å²) in [7, 11) is -3.34. The van der Waals surface area contributed by atoms with Crippen molar-refractivity contribution in [3.63, 3.8) is 0 Å². The molecule has 2 fully saturated rings. The Morgan fingerprint density at radius 3 is 2.32 bits per heavy atom. The lowest BCUT2D eigenvalue weighted by Crippen LogP contribution is -2.42. The molecule has 25 heavy (non-hydrogen) atoms. The van der Waals surface area contributed by atoms with Gasteiger partial charge in [0.2, 0.25) is 10.0 Å². The second-order valence-corrected chi connectivity index (χ2v) is 9.45. The summed E-state index contributed by atoms with van der Waals surface area (Å²) in [6.07, 6.45) is 0.996. The molecule has 7 heteroatoms. The lowest BCUT2D eigenvalue weighted by Gasteiger charge is -2.25. The van der Waals surface area contributed by atoms with Crippen molar-refractivity contribution in [2.24, 2.45) is 11.3 Å². The molecule has 0 radical (unpaired) electrons. The Kier molecular flexibility index (Phi) is 4.92. The summed E-state index contributed by atoms with van der Waals surface area (Å²) in [4.78, 5) is 14.1. The van der Waals surface area contributed by atoms with Gasteiger partial charge in [0.25, 0.3) is 0 Å². The van der Waals surface area contributed by atoms with E-state index in [-0.39, 0.29) is 18.2 Å². The zero-order chi connectivity index (χ0) is 18.2. The van der Waals surface area contributed by atoms with E-state index < -0.39 is 21.4 Å². The van der Waals surface area contributed by atoms with Gasteiger partial charge in [0.05, 0.1) is 11.2 Å². The first kappa shape index (κ1) is 18.4. The molecule has 0 spiro atoms. The molecular weight excluding hydrogens is 340 g/mol. The maximum absolute atomic E-state index is 12.1. The van der Waals surface area contributed by atoms with Crippen LogP contribution in [-0.2, 0) is 27.8 Å². The highest BCUT2D eigenvalue weighted by molar-refractivity contribution is 7.89. The summed E-state index contributed by atoms with van der Waals surface area (Å²) in [6, 6.07) is 8.39. The fraction of sp³-hybridized carbons (Fsp3) is 0.611. The Morgan fingerprint density at radius 2 is 1.80 bits per heavy atom. The number of sulfonamides is 1. The van der Waals surface area contributed by atoms with Gasteiger partial charge in [-0.3, -0.25) is 9.69 Å². The van der Waals surface area contributed by atoms with Gasteiger partial charge in [-0.1, -0.05) is 31.2 Å². The molecule has 0 aliphatic carbocycles. The van der Waals surface area contributed by atoms with Gasteiger partial charge in [-0.05, 0) is 24.5 Å². The molecule has 0 amide bonds. The summed E-state index contributed by atoms with van der Waals surface area (Å²) >= 11 is 0. The topological polar surface area (TPSA) is 77.9 Å². The van der Waals surface area contributed by atoms with Crippen LogP contribution in [0, 0.1) is 11.3 Å². The van der Waals surface area contributed by atoms with Crippen LogP contribution in [-0.4, -0.2) is 60.6 Å². The van der Waals surface area contributed by atoms with Gasteiger partial charge >= 0.3 is 5.97 Å². The molecule has 2 saturated heterocycles. The zero-order valence-corrected chi connectivity index (χ0v) is 15.6. The smallest absolute Gasteiger partial charge is 0.312 e. The Balaban J connectivity index is 1.74. The van der Waals surface area contributed by atoms with Crippen molar-refractivity contribution in [1.29, 1.82) is 0 Å². The molecule has 1 aromatic rings. The molecule has 2 aliphatic rings. The van der Waals surface area contributed by atoms with Crippen LogP contribution >= 0.6 is 0 Å². The first-order chi connectivity index (χ1) is 11.8. The third kappa shape index (κ3) is 3.32. The van der Waals surface area contributed by atoms with Gasteiger partial charge in [-0.25, -0.2) is 12.7 Å². The predicted octanol–water partition coefficient (Wildman–Crippen LogP) is 1.42. The van der Waals surface area contributed by atoms with Gasteiger partial charge in [0.15, 0.2) is 0 Å². The van der Waals surface area contributed by atoms with Crippen LogP contribution in [0.25, 0.3) is 0 Å². The van der Waals surface area contributed by atoms with E-state index >= 15 is 0 Å². The molecule has 0 aromatic heterocycles. The molecule has 6 nitrogen and oxygen atoms in total. The van der Waals surface area contributed by atoms with Crippen molar-refractivity contribution in [3.05, 3.63) is 35.4 Å². The van der Waals surface area contributed by atoms with E-state index in [1.54, 1.807) is 6.92 Å². The normalized spacial score (nSPS) is 27.5. The van der Waals surface area contributed by atoms with Gasteiger partial charge in [0.1, 0.15) is 0 Å². The SMILES string of the molecule is CCc1ccc(CN2C[C@@H]3CN(S(=O)(=O)CC)C[C@]3(C(=O)O)C2)cc1. The number of nitrogens with zero attached hydrogens (tertiary/aromatic N) is 2. The van der Waals surface area contributed by atoms with Gasteiger partial charge in [-0.2, -0.15) is 0 Å². The van der Waals surface area contributed by atoms with Crippen LogP contribution in [0.4, 0.5) is 0 Å². The van der Waals surface area contributed by atoms with Gasteiger partial charge in [0, 0.05) is 38.6 Å². The average Bonchev–Trinajstić information content (AvgIpc) is 3.11. The number of likely N-dealkylation sites (tertiary alicyclic amines) is 1. The van der Waals surface area contributed by atoms with E-state index in [0.717, 1.165) is 12.0 Å². The van der Waals surface area contributed by atoms with Gasteiger partial charge < -0.3 is 5.11 Å². The van der Waals surface area contributed by atoms with Gasteiger partial charge in [-0.15, -0.1) is 0 Å². The van der Waals surface area contributed by atoms with Crippen molar-refractivity contribution in [3.8, 4) is 0 Å². The number of benzene rings is 1. The van der Waals surface area contributed by atoms with Crippen LogP contribution in [0.3, 0.4) is 0 Å². The van der Waals surface area contributed by atoms with Crippen LogP contribution in [0.15, 0.2) is 24.3 Å². The molecule has 2 aliphatic heterocycles. The minimum Gasteiger partial charge on any atom is -0.481 e. The van der Waals surface area contributed by atoms with Crippen LogP contribution in [0.1, 0.15) is 25.0 Å². The Morgan fingerprint density at radius 1 is 1.16 bits per heavy atom. The van der Waals surface area contributed by atoms with E-state index in [1.807, 2.05) is 0 Å². The molecule has 3 rings (SSSR count). The van der Waals surface area contributed by atoms with Crippen molar-refractivity contribution < 1.29 is 18.3 Å². The monoisotopic (exact) mass is 366 g/mol. The lowest BCUT2D eigenvalue weighted by atomic mass is 9.81. The standard InChI is InChI=1S/C18H26N2O4S/c1-3-14-5-7-15(8-6-14)9-19-10-16-11-20(25(23,24)4-2)13-18(16,12-19)17(21)22/h5-8,16H,3-4,9-13H2,1-2H3,(H,21,22)/t16-,18-/m1/s1. The lowest BCUT2D eigenvalue weighted by molar-refractivity contribution is -0.148. The minimum absolute atomic E-state index is 0.0168. The van der Waals surface area contributed by atoms with Crippen molar-refractivity contribution in [1.82, 2.24) is 9.21 Å². The summed E-state index contributed by atoms with van der Waals surface area (Å²) < 4.78 is 25.7. The number of fused-ring (bicyclic) bond motifs is 1. The number of rotatable bonds is 6. The Labute approximate surface area is 149 Å². The molecule has 2 heterocycles. The molecule has 2 atom stereocenters. The van der Waals surface area contributed by atoms with E-state index in [4.69, 9.17) is 0 Å². The summed E-state index contributed by atoms with van der Waals surface area (Å²) in [5.41, 5.74) is 1.46. The largest absolute Gasteiger partial charge is 0.481 e. The third-order valence-electron chi connectivity index (χ3n) is 5.67. The highest BCUT2D eigenvalue weighted by Crippen LogP contribution is 2.44. The fourth-order valence-electron chi connectivity index (χ4n) is 4.08. The van der Waals surface area contributed by atoms with E-state index in [9.17, 15) is 18.3 Å². The summed E-state index contributed by atoms with van der Waals surface area (Å²) in [5, 5.41) is 9.83. The summed E-state index contributed by atoms with van der Waals surface area (Å²) in [6.45, 7) is 5.85. The Hall–Kier alpha value is -1.44. The number of carbonyl (C=O) groups is 1. The molecule has 0 unspecified atom stereocenters. The van der Waals surface area contributed by atoms with Crippen LogP contribution < -0.4 is 0 Å². The highest BCUT2D eigenvalue weighted by atomic mass is 32.2. The van der Waals surface area contributed by atoms with E-state index in [2.05, 4.69) is 36.1 Å². The number of carboxylic acids is 1. The van der Waals surface area contributed by atoms with Crippen LogP contribution in [0.2, 0.25) is 0 Å². The average molecular weight is 366 g/mol. The van der Waals surface area contributed by atoms with Crippen LogP contribution in [0.5, 0.6) is 0 Å². The summed E-state index contributed by atoms with van der Waals surface area (Å²) in [5.74, 6) is -1.01. The van der Waals surface area contributed by atoms with Crippen molar-refractivity contribution in [2.45, 2.75) is 26.8 Å². The quantitative estimate of drug-likeness (QED) is 0.824. The maximum Gasteiger partial charge on any atom is 0.312 e. The number of hydrogen-bond acceptors (Lipinski definition) is 4. The molecule has 0 bridgehead atoms. The highest BCUT2D eigenvalue weighted by Gasteiger charge is 2.59. The molecule has 1 N–H and O–H groups in total. The molecular formula is C18H26N2O4S. The van der Waals surface area contributed by atoms with Crippen molar-refractivity contribution in [2.75, 3.05) is 31.9 Å². The number of hydrogen-bond donors (Lipinski definition) is 1. The fourth-order valence-corrected chi connectivity index (χ4v) is 5.28. The second-order valence-electron chi connectivity index (χ2n) is 7.19. The number of carboxylic acid groups (broad SMARTS) is 1. The first-order valence-corrected chi connectivity index (χ1v) is 10.4.